The number of aromatic nitrogens is 2. The standard InChI is InChI=1S/C16H20N4O2S2/c1-22-9-7-17-15-18-19-16(24-15)23-11-14(21)20-8-6-12-4-2-3-5-13(12)10-20/h2-5H,6-11H2,1H3,(H,17,18). The minimum Gasteiger partial charge on any atom is -0.383 e. The number of methoxy groups -OCH3 is 1. The summed E-state index contributed by atoms with van der Waals surface area (Å²) in [4.78, 5) is 14.4. The molecule has 6 nitrogen and oxygen atoms in total. The third-order valence-corrected chi connectivity index (χ3v) is 5.79. The first-order valence-corrected chi connectivity index (χ1v) is 9.60. The Morgan fingerprint density at radius 1 is 1.38 bits per heavy atom. The van der Waals surface area contributed by atoms with E-state index in [4.69, 9.17) is 4.74 Å². The number of ether oxygens (including phenoxy) is 1. The molecule has 2 heterocycles. The van der Waals surface area contributed by atoms with Crippen LogP contribution in [0.2, 0.25) is 0 Å². The van der Waals surface area contributed by atoms with Gasteiger partial charge in [-0.25, -0.2) is 0 Å². The molecule has 0 atom stereocenters. The number of thioether (sulfide) groups is 1. The van der Waals surface area contributed by atoms with Crippen molar-refractivity contribution >= 4 is 34.1 Å². The third kappa shape index (κ3) is 4.46. The summed E-state index contributed by atoms with van der Waals surface area (Å²) in [5, 5.41) is 12.1. The van der Waals surface area contributed by atoms with Gasteiger partial charge in [-0.1, -0.05) is 47.4 Å². The first-order chi connectivity index (χ1) is 11.8. The monoisotopic (exact) mass is 364 g/mol. The van der Waals surface area contributed by atoms with Gasteiger partial charge >= 0.3 is 0 Å². The summed E-state index contributed by atoms with van der Waals surface area (Å²) in [6.07, 6.45) is 0.930. The summed E-state index contributed by atoms with van der Waals surface area (Å²) < 4.78 is 5.79. The van der Waals surface area contributed by atoms with Crippen LogP contribution in [0.15, 0.2) is 28.6 Å². The van der Waals surface area contributed by atoms with E-state index in [1.54, 1.807) is 7.11 Å². The Hall–Kier alpha value is -1.64. The molecule has 1 aromatic carbocycles. The summed E-state index contributed by atoms with van der Waals surface area (Å²) in [5.74, 6) is 0.549. The van der Waals surface area contributed by atoms with Crippen molar-refractivity contribution in [2.24, 2.45) is 0 Å². The molecule has 0 aliphatic carbocycles. The van der Waals surface area contributed by atoms with Crippen LogP contribution in [0, 0.1) is 0 Å². The maximum absolute atomic E-state index is 12.4. The Morgan fingerprint density at radius 3 is 3.04 bits per heavy atom. The molecule has 3 rings (SSSR count). The average Bonchev–Trinajstić information content (AvgIpc) is 3.07. The van der Waals surface area contributed by atoms with Crippen molar-refractivity contribution in [3.8, 4) is 0 Å². The smallest absolute Gasteiger partial charge is 0.233 e. The fourth-order valence-corrected chi connectivity index (χ4v) is 4.20. The number of hydrogen-bond acceptors (Lipinski definition) is 7. The van der Waals surface area contributed by atoms with Gasteiger partial charge in [0, 0.05) is 26.7 Å². The number of rotatable bonds is 7. The number of amides is 1. The second kappa shape index (κ2) is 8.46. The molecule has 0 spiro atoms. The zero-order valence-electron chi connectivity index (χ0n) is 13.5. The topological polar surface area (TPSA) is 67.3 Å². The molecule has 1 amide bonds. The molecule has 1 aliphatic heterocycles. The van der Waals surface area contributed by atoms with Crippen LogP contribution >= 0.6 is 23.1 Å². The van der Waals surface area contributed by atoms with E-state index in [-0.39, 0.29) is 5.91 Å². The number of carbonyl (C=O) groups is 1. The predicted octanol–water partition coefficient (Wildman–Crippen LogP) is 2.27. The highest BCUT2D eigenvalue weighted by Crippen LogP contribution is 2.26. The fourth-order valence-electron chi connectivity index (χ4n) is 2.52. The third-order valence-electron chi connectivity index (χ3n) is 3.79. The second-order valence-electron chi connectivity index (χ2n) is 5.42. The molecule has 0 bridgehead atoms. The Labute approximate surface area is 149 Å². The van der Waals surface area contributed by atoms with Crippen molar-refractivity contribution in [1.29, 1.82) is 0 Å². The van der Waals surface area contributed by atoms with Gasteiger partial charge in [0.25, 0.3) is 0 Å². The molecule has 128 valence electrons. The molecule has 0 radical (unpaired) electrons. The van der Waals surface area contributed by atoms with Crippen LogP contribution in [-0.4, -0.2) is 53.6 Å². The number of nitrogens with one attached hydrogen (secondary N) is 1. The minimum absolute atomic E-state index is 0.151. The van der Waals surface area contributed by atoms with Gasteiger partial charge in [0.05, 0.1) is 12.4 Å². The highest BCUT2D eigenvalue weighted by atomic mass is 32.2. The van der Waals surface area contributed by atoms with Crippen LogP contribution in [0.25, 0.3) is 0 Å². The maximum Gasteiger partial charge on any atom is 0.233 e. The van der Waals surface area contributed by atoms with Crippen molar-refractivity contribution in [2.75, 3.05) is 37.9 Å². The lowest BCUT2D eigenvalue weighted by Crippen LogP contribution is -2.37. The molecule has 1 N–H and O–H groups in total. The van der Waals surface area contributed by atoms with Gasteiger partial charge in [0.15, 0.2) is 4.34 Å². The Bertz CT molecular complexity index is 692. The molecule has 24 heavy (non-hydrogen) atoms. The van der Waals surface area contributed by atoms with Crippen LogP contribution in [-0.2, 0) is 22.5 Å². The molecule has 2 aromatic rings. The van der Waals surface area contributed by atoms with E-state index in [9.17, 15) is 4.79 Å². The number of nitrogens with zero attached hydrogens (tertiary/aromatic N) is 3. The Balaban J connectivity index is 1.48. The van der Waals surface area contributed by atoms with E-state index in [1.165, 1.54) is 34.2 Å². The lowest BCUT2D eigenvalue weighted by atomic mass is 10.00. The van der Waals surface area contributed by atoms with Crippen molar-refractivity contribution in [2.45, 2.75) is 17.3 Å². The number of carbonyl (C=O) groups excluding carboxylic acids is 1. The zero-order chi connectivity index (χ0) is 16.8. The van der Waals surface area contributed by atoms with Crippen LogP contribution in [0.3, 0.4) is 0 Å². The summed E-state index contributed by atoms with van der Waals surface area (Å²) >= 11 is 2.91. The molecular formula is C16H20N4O2S2. The van der Waals surface area contributed by atoms with Gasteiger partial charge in [0.1, 0.15) is 0 Å². The number of benzene rings is 1. The summed E-state index contributed by atoms with van der Waals surface area (Å²) in [7, 11) is 1.66. The Morgan fingerprint density at radius 2 is 2.21 bits per heavy atom. The van der Waals surface area contributed by atoms with Crippen LogP contribution in [0.4, 0.5) is 5.13 Å². The van der Waals surface area contributed by atoms with Gasteiger partial charge in [-0.15, -0.1) is 10.2 Å². The van der Waals surface area contributed by atoms with Crippen molar-refractivity contribution in [3.05, 3.63) is 35.4 Å². The lowest BCUT2D eigenvalue weighted by Gasteiger charge is -2.28. The molecule has 0 unspecified atom stereocenters. The molecule has 1 aromatic heterocycles. The first kappa shape index (κ1) is 17.2. The first-order valence-electron chi connectivity index (χ1n) is 7.80. The number of anilines is 1. The molecule has 1 aliphatic rings. The normalized spacial score (nSPS) is 13.6. The van der Waals surface area contributed by atoms with Gasteiger partial charge in [0.2, 0.25) is 11.0 Å². The SMILES string of the molecule is COCCNc1nnc(SCC(=O)N2CCc3ccccc3C2)s1. The van der Waals surface area contributed by atoms with E-state index in [1.807, 2.05) is 11.0 Å². The zero-order valence-corrected chi connectivity index (χ0v) is 15.2. The molecular weight excluding hydrogens is 344 g/mol. The van der Waals surface area contributed by atoms with Crippen molar-refractivity contribution in [3.63, 3.8) is 0 Å². The van der Waals surface area contributed by atoms with Gasteiger partial charge in [-0.2, -0.15) is 0 Å². The van der Waals surface area contributed by atoms with Crippen LogP contribution in [0.1, 0.15) is 11.1 Å². The van der Waals surface area contributed by atoms with Gasteiger partial charge < -0.3 is 15.0 Å². The van der Waals surface area contributed by atoms with E-state index in [2.05, 4.69) is 33.7 Å². The van der Waals surface area contributed by atoms with Crippen molar-refractivity contribution < 1.29 is 9.53 Å². The lowest BCUT2D eigenvalue weighted by molar-refractivity contribution is -0.129. The molecule has 0 saturated heterocycles. The minimum atomic E-state index is 0.151. The summed E-state index contributed by atoms with van der Waals surface area (Å²) in [5.41, 5.74) is 2.60. The average molecular weight is 364 g/mol. The van der Waals surface area contributed by atoms with Crippen LogP contribution in [0.5, 0.6) is 0 Å². The second-order valence-corrected chi connectivity index (χ2v) is 7.62. The molecule has 8 heteroatoms. The highest BCUT2D eigenvalue weighted by Gasteiger charge is 2.20. The maximum atomic E-state index is 12.4. The summed E-state index contributed by atoms with van der Waals surface area (Å²) in [6.45, 7) is 2.81. The fraction of sp³-hybridized carbons (Fsp3) is 0.438. The predicted molar refractivity (Wildman–Crippen MR) is 96.6 cm³/mol. The largest absolute Gasteiger partial charge is 0.383 e. The van der Waals surface area contributed by atoms with Crippen molar-refractivity contribution in [1.82, 2.24) is 15.1 Å². The van der Waals surface area contributed by atoms with E-state index < -0.39 is 0 Å². The van der Waals surface area contributed by atoms with E-state index >= 15 is 0 Å². The van der Waals surface area contributed by atoms with E-state index in [0.29, 0.717) is 25.4 Å². The number of fused-ring (bicyclic) bond motifs is 1. The van der Waals surface area contributed by atoms with Gasteiger partial charge in [-0.05, 0) is 17.5 Å². The molecule has 0 fully saturated rings. The molecule has 0 saturated carbocycles. The van der Waals surface area contributed by atoms with Crippen LogP contribution < -0.4 is 5.32 Å². The summed E-state index contributed by atoms with van der Waals surface area (Å²) in [6, 6.07) is 8.33. The highest BCUT2D eigenvalue weighted by molar-refractivity contribution is 8.01. The van der Waals surface area contributed by atoms with E-state index in [0.717, 1.165) is 22.4 Å². The van der Waals surface area contributed by atoms with Gasteiger partial charge in [-0.3, -0.25) is 4.79 Å². The quantitative estimate of drug-likeness (QED) is 0.600. The Kier molecular flexibility index (Phi) is 6.06. The number of hydrogen-bond donors (Lipinski definition) is 1.